The lowest BCUT2D eigenvalue weighted by atomic mass is 9.88. The molecule has 19 heteroatoms. The lowest BCUT2D eigenvalue weighted by Crippen LogP contribution is -2.32. The largest absolute Gasteiger partial charge is 0.481 e. The summed E-state index contributed by atoms with van der Waals surface area (Å²) in [7, 11) is -7.73. The van der Waals surface area contributed by atoms with Gasteiger partial charge in [0.25, 0.3) is 20.0 Å². The number of aryl methyl sites for hydroxylation is 2. The van der Waals surface area contributed by atoms with Gasteiger partial charge in [-0.25, -0.2) is 37.0 Å². The number of halogens is 2. The van der Waals surface area contributed by atoms with Crippen LogP contribution in [0.4, 0.5) is 8.78 Å². The second kappa shape index (κ2) is 21.0. The van der Waals surface area contributed by atoms with Crippen molar-refractivity contribution in [1.82, 2.24) is 33.8 Å². The first-order chi connectivity index (χ1) is 30.6. The molecule has 8 rings (SSSR count). The SMILES string of the molecule is C.Cc1cc(-c2cc(F)cc(C(C)C)c2CC(=O)NS(=O)(=O)c2cn(C3CC3)cn2)ccn1.Cc1cc(-c2cc(F)cc(C(C)C)c2CC(=O)O)ccn1.NS(=O)(=O)c1cn(C2CC2)cn1. The van der Waals surface area contributed by atoms with E-state index >= 15 is 0 Å². The molecule has 4 heterocycles. The molecule has 2 saturated carbocycles. The fourth-order valence-corrected chi connectivity index (χ4v) is 8.68. The van der Waals surface area contributed by atoms with Crippen LogP contribution in [0.3, 0.4) is 0 Å². The number of carbonyl (C=O) groups excluding carboxylic acids is 1. The number of carboxylic acid groups (broad SMARTS) is 1. The van der Waals surface area contributed by atoms with Crippen LogP contribution in [0.1, 0.15) is 118 Å². The predicted molar refractivity (Wildman–Crippen MR) is 246 cm³/mol. The molecule has 2 aromatic carbocycles. The van der Waals surface area contributed by atoms with Gasteiger partial charge in [0.2, 0.25) is 5.91 Å². The molecule has 0 aliphatic heterocycles. The van der Waals surface area contributed by atoms with Crippen molar-refractivity contribution in [3.63, 3.8) is 0 Å². The van der Waals surface area contributed by atoms with Gasteiger partial charge < -0.3 is 14.2 Å². The summed E-state index contributed by atoms with van der Waals surface area (Å²) in [6, 6.07) is 13.5. The van der Waals surface area contributed by atoms with Crippen molar-refractivity contribution in [3.05, 3.63) is 131 Å². The molecule has 2 aliphatic carbocycles. The Kier molecular flexibility index (Phi) is 16.2. The number of carboxylic acids is 1. The van der Waals surface area contributed by atoms with E-state index in [4.69, 9.17) is 10.2 Å². The zero-order valence-corrected chi connectivity index (χ0v) is 38.5. The Morgan fingerprint density at radius 1 is 0.712 bits per heavy atom. The van der Waals surface area contributed by atoms with Crippen molar-refractivity contribution in [2.24, 2.45) is 5.14 Å². The molecule has 1 amide bonds. The molecule has 6 aromatic rings. The van der Waals surface area contributed by atoms with E-state index in [-0.39, 0.29) is 54.0 Å². The normalized spacial score (nSPS) is 13.6. The summed E-state index contributed by atoms with van der Waals surface area (Å²) < 4.78 is 81.0. The van der Waals surface area contributed by atoms with Gasteiger partial charge in [-0.15, -0.1) is 0 Å². The van der Waals surface area contributed by atoms with E-state index in [0.717, 1.165) is 48.2 Å². The Morgan fingerprint density at radius 2 is 1.14 bits per heavy atom. The first-order valence-electron chi connectivity index (χ1n) is 21.0. The second-order valence-electron chi connectivity index (χ2n) is 16.8. The minimum absolute atomic E-state index is 0. The molecular weight excluding hydrogens is 891 g/mol. The number of hydrogen-bond donors (Lipinski definition) is 3. The average molecular weight is 947 g/mol. The number of sulfonamides is 2. The number of aliphatic carboxylic acids is 1. The van der Waals surface area contributed by atoms with Crippen molar-refractivity contribution in [3.8, 4) is 22.3 Å². The van der Waals surface area contributed by atoms with Gasteiger partial charge in [0.05, 0.1) is 25.5 Å². The van der Waals surface area contributed by atoms with Crippen LogP contribution in [0.5, 0.6) is 0 Å². The lowest BCUT2D eigenvalue weighted by Gasteiger charge is -2.18. The maximum Gasteiger partial charge on any atom is 0.307 e. The third kappa shape index (κ3) is 13.2. The van der Waals surface area contributed by atoms with Gasteiger partial charge >= 0.3 is 5.97 Å². The summed E-state index contributed by atoms with van der Waals surface area (Å²) in [5, 5.41) is 13.8. The maximum absolute atomic E-state index is 14.4. The van der Waals surface area contributed by atoms with Gasteiger partial charge in [0, 0.05) is 48.3 Å². The molecule has 0 atom stereocenters. The molecule has 0 spiro atoms. The van der Waals surface area contributed by atoms with Crippen LogP contribution in [0.2, 0.25) is 0 Å². The van der Waals surface area contributed by atoms with Gasteiger partial charge in [0.1, 0.15) is 11.6 Å². The summed E-state index contributed by atoms with van der Waals surface area (Å²) in [6.45, 7) is 11.3. The highest BCUT2D eigenvalue weighted by Crippen LogP contribution is 2.37. The molecule has 0 bridgehead atoms. The van der Waals surface area contributed by atoms with Gasteiger partial charge in [-0.1, -0.05) is 35.1 Å². The van der Waals surface area contributed by atoms with Gasteiger partial charge in [-0.2, -0.15) is 8.42 Å². The van der Waals surface area contributed by atoms with E-state index < -0.39 is 37.7 Å². The molecule has 66 heavy (non-hydrogen) atoms. The van der Waals surface area contributed by atoms with E-state index in [1.54, 1.807) is 33.7 Å². The molecule has 15 nitrogen and oxygen atoms in total. The van der Waals surface area contributed by atoms with Gasteiger partial charge in [0.15, 0.2) is 10.1 Å². The maximum atomic E-state index is 14.4. The third-order valence-corrected chi connectivity index (χ3v) is 12.8. The number of carbonyl (C=O) groups is 2. The Morgan fingerprint density at radius 3 is 1.52 bits per heavy atom. The standard InChI is InChI=1S/C23H25FN4O3S.C17H18FNO2.C6H9N3O2S.CH4/c1-14(2)19-9-17(24)10-20(16-6-7-25-15(3)8-16)21(19)11-22(29)27-32(30,31)23-12-28(13-26-23)18-4-5-18;1-10(2)14-7-13(18)8-15(16(14)9-17(20)21)12-4-5-19-11(3)6-12;7-12(10,11)6-3-9(4-8-6)5-1-2-5;/h6-10,12-14,18H,4-5,11H2,1-3H3,(H,27,29);4-8,10H,9H2,1-3H3,(H,20,21);3-5H,1-2H2,(H2,7,10,11);1H4. The number of nitrogens with zero attached hydrogens (tertiary/aromatic N) is 6. The zero-order valence-electron chi connectivity index (χ0n) is 36.9. The summed E-state index contributed by atoms with van der Waals surface area (Å²) in [5.74, 6) is -2.40. The molecular formula is C47H56F2N8O7S2. The van der Waals surface area contributed by atoms with Crippen LogP contribution >= 0.6 is 0 Å². The second-order valence-corrected chi connectivity index (χ2v) is 20.0. The lowest BCUT2D eigenvalue weighted by molar-refractivity contribution is -0.136. The third-order valence-electron chi connectivity index (χ3n) is 10.7. The van der Waals surface area contributed by atoms with Crippen LogP contribution in [-0.2, 0) is 42.5 Å². The Hall–Kier alpha value is -6.18. The Balaban J connectivity index is 0.000000205. The number of pyridine rings is 2. The monoisotopic (exact) mass is 946 g/mol. The molecule has 2 aliphatic rings. The highest BCUT2D eigenvalue weighted by Gasteiger charge is 2.28. The minimum atomic E-state index is -4.11. The summed E-state index contributed by atoms with van der Waals surface area (Å²) in [5.41, 5.74) is 6.89. The average Bonchev–Trinajstić information content (AvgIpc) is 4.15. The first kappa shape index (κ1) is 50.8. The highest BCUT2D eigenvalue weighted by atomic mass is 32.2. The minimum Gasteiger partial charge on any atom is -0.481 e. The number of hydrogen-bond acceptors (Lipinski definition) is 10. The smallest absolute Gasteiger partial charge is 0.307 e. The van der Waals surface area contributed by atoms with Crippen molar-refractivity contribution in [2.45, 2.75) is 121 Å². The van der Waals surface area contributed by atoms with Crippen LogP contribution in [0, 0.1) is 25.5 Å². The van der Waals surface area contributed by atoms with Crippen molar-refractivity contribution >= 4 is 31.9 Å². The number of imidazole rings is 2. The predicted octanol–water partition coefficient (Wildman–Crippen LogP) is 8.35. The molecule has 2 fully saturated rings. The van der Waals surface area contributed by atoms with Crippen LogP contribution < -0.4 is 9.86 Å². The van der Waals surface area contributed by atoms with Crippen molar-refractivity contribution in [2.75, 3.05) is 0 Å². The number of nitrogens with two attached hydrogens (primary N) is 1. The van der Waals surface area contributed by atoms with Crippen molar-refractivity contribution in [1.29, 1.82) is 0 Å². The molecule has 0 radical (unpaired) electrons. The number of amides is 1. The van der Waals surface area contributed by atoms with E-state index in [1.165, 1.54) is 49.3 Å². The quantitative estimate of drug-likeness (QED) is 0.0998. The molecule has 4 N–H and O–H groups in total. The highest BCUT2D eigenvalue weighted by molar-refractivity contribution is 7.90. The first-order valence-corrected chi connectivity index (χ1v) is 24.0. The van der Waals surface area contributed by atoms with E-state index in [2.05, 4.69) is 24.7 Å². The van der Waals surface area contributed by atoms with Gasteiger partial charge in [-0.05, 0) is 144 Å². The van der Waals surface area contributed by atoms with Crippen LogP contribution in [0.15, 0.2) is 96.0 Å². The van der Waals surface area contributed by atoms with Crippen LogP contribution in [-0.4, -0.2) is 62.9 Å². The molecule has 0 saturated heterocycles. The van der Waals surface area contributed by atoms with E-state index in [0.29, 0.717) is 39.4 Å². The number of primary sulfonamides is 1. The molecule has 0 unspecified atom stereocenters. The topological polar surface area (TPSA) is 222 Å². The van der Waals surface area contributed by atoms with Crippen molar-refractivity contribution < 1.29 is 40.3 Å². The van der Waals surface area contributed by atoms with E-state index in [9.17, 15) is 35.2 Å². The fourth-order valence-electron chi connectivity index (χ4n) is 7.30. The molecule has 4 aromatic heterocycles. The summed E-state index contributed by atoms with van der Waals surface area (Å²) in [4.78, 5) is 40.0. The fraction of sp³-hybridized carbons (Fsp3) is 0.362. The number of benzene rings is 2. The van der Waals surface area contributed by atoms with Gasteiger partial charge in [-0.3, -0.25) is 19.6 Å². The summed E-state index contributed by atoms with van der Waals surface area (Å²) >= 11 is 0. The van der Waals surface area contributed by atoms with Crippen LogP contribution in [0.25, 0.3) is 22.3 Å². The number of rotatable bonds is 13. The Labute approximate surface area is 384 Å². The summed E-state index contributed by atoms with van der Waals surface area (Å²) in [6.07, 6.45) is 13.0. The Bertz CT molecular complexity index is 2940. The zero-order chi connectivity index (χ0) is 47.4. The number of aromatic nitrogens is 6. The van der Waals surface area contributed by atoms with E-state index in [1.807, 2.05) is 53.7 Å². The molecule has 352 valence electrons. The number of nitrogens with one attached hydrogen (secondary N) is 1.